The molecule has 1 amide bonds. The average Bonchev–Trinajstić information content (AvgIpc) is 2.48. The van der Waals surface area contributed by atoms with E-state index in [2.05, 4.69) is 11.9 Å². The van der Waals surface area contributed by atoms with Crippen LogP contribution in [0.25, 0.3) is 0 Å². The zero-order chi connectivity index (χ0) is 14.5. The molecule has 2 rings (SSSR count). The number of benzene rings is 1. The van der Waals surface area contributed by atoms with Gasteiger partial charge < -0.3 is 10.6 Å². The number of pyridine rings is 1. The summed E-state index contributed by atoms with van der Waals surface area (Å²) in [6.45, 7) is 2.14. The predicted octanol–water partition coefficient (Wildman–Crippen LogP) is 2.89. The fourth-order valence-corrected chi connectivity index (χ4v) is 2.01. The van der Waals surface area contributed by atoms with Crippen molar-refractivity contribution in [2.24, 2.45) is 0 Å². The van der Waals surface area contributed by atoms with Crippen LogP contribution in [0.15, 0.2) is 42.6 Å². The van der Waals surface area contributed by atoms with Crippen LogP contribution >= 0.6 is 0 Å². The Balaban J connectivity index is 2.15. The van der Waals surface area contributed by atoms with Crippen LogP contribution in [0.5, 0.6) is 0 Å². The fourth-order valence-electron chi connectivity index (χ4n) is 2.01. The summed E-state index contributed by atoms with van der Waals surface area (Å²) >= 11 is 0. The van der Waals surface area contributed by atoms with Crippen LogP contribution in [0.2, 0.25) is 0 Å². The number of rotatable bonds is 4. The average molecular weight is 269 g/mol. The molecule has 0 bridgehead atoms. The van der Waals surface area contributed by atoms with E-state index in [0.717, 1.165) is 18.5 Å². The monoisotopic (exact) mass is 269 g/mol. The minimum absolute atomic E-state index is 0.0559. The first-order chi connectivity index (χ1) is 9.61. The van der Waals surface area contributed by atoms with Gasteiger partial charge in [-0.05, 0) is 36.2 Å². The third-order valence-electron chi connectivity index (χ3n) is 3.20. The Morgan fingerprint density at radius 2 is 1.90 bits per heavy atom. The standard InChI is InChI=1S/C16H19N3O/c1-3-4-12-5-7-13(8-6-12)16(20)19(2)14-9-10-15(17)18-11-14/h5-11H,3-4H2,1-2H3,(H2,17,18). The molecule has 4 nitrogen and oxygen atoms in total. The molecule has 1 heterocycles. The van der Waals surface area contributed by atoms with Crippen molar-refractivity contribution >= 4 is 17.4 Å². The first-order valence-electron chi connectivity index (χ1n) is 6.70. The fraction of sp³-hybridized carbons (Fsp3) is 0.250. The highest BCUT2D eigenvalue weighted by atomic mass is 16.2. The van der Waals surface area contributed by atoms with Gasteiger partial charge in [-0.1, -0.05) is 25.5 Å². The van der Waals surface area contributed by atoms with Gasteiger partial charge in [-0.15, -0.1) is 0 Å². The van der Waals surface area contributed by atoms with E-state index in [1.807, 2.05) is 24.3 Å². The van der Waals surface area contributed by atoms with Crippen molar-refractivity contribution in [2.45, 2.75) is 19.8 Å². The van der Waals surface area contributed by atoms with Crippen molar-refractivity contribution in [1.29, 1.82) is 0 Å². The number of aromatic nitrogens is 1. The maximum absolute atomic E-state index is 12.4. The lowest BCUT2D eigenvalue weighted by atomic mass is 10.1. The van der Waals surface area contributed by atoms with Crippen LogP contribution in [0, 0.1) is 0 Å². The summed E-state index contributed by atoms with van der Waals surface area (Å²) in [4.78, 5) is 17.9. The number of hydrogen-bond acceptors (Lipinski definition) is 3. The summed E-state index contributed by atoms with van der Waals surface area (Å²) in [5.41, 5.74) is 8.19. The molecule has 0 aliphatic carbocycles. The molecular weight excluding hydrogens is 250 g/mol. The molecule has 104 valence electrons. The molecule has 1 aromatic heterocycles. The Kier molecular flexibility index (Phi) is 4.35. The molecule has 0 unspecified atom stereocenters. The highest BCUT2D eigenvalue weighted by molar-refractivity contribution is 6.05. The van der Waals surface area contributed by atoms with Crippen molar-refractivity contribution in [1.82, 2.24) is 4.98 Å². The number of amides is 1. The molecule has 2 aromatic rings. The van der Waals surface area contributed by atoms with Gasteiger partial charge in [-0.25, -0.2) is 4.98 Å². The van der Waals surface area contributed by atoms with Crippen molar-refractivity contribution in [3.63, 3.8) is 0 Å². The number of nitrogens with zero attached hydrogens (tertiary/aromatic N) is 2. The molecule has 1 aromatic carbocycles. The molecule has 2 N–H and O–H groups in total. The minimum Gasteiger partial charge on any atom is -0.384 e. The number of anilines is 2. The van der Waals surface area contributed by atoms with Crippen molar-refractivity contribution < 1.29 is 4.79 Å². The van der Waals surface area contributed by atoms with E-state index in [1.54, 1.807) is 30.3 Å². The van der Waals surface area contributed by atoms with Crippen molar-refractivity contribution in [2.75, 3.05) is 17.7 Å². The molecule has 4 heteroatoms. The third-order valence-corrected chi connectivity index (χ3v) is 3.20. The SMILES string of the molecule is CCCc1ccc(C(=O)N(C)c2ccc(N)nc2)cc1. The molecule has 0 saturated heterocycles. The first-order valence-corrected chi connectivity index (χ1v) is 6.70. The first kappa shape index (κ1) is 14.1. The van der Waals surface area contributed by atoms with Crippen molar-refractivity contribution in [3.05, 3.63) is 53.7 Å². The van der Waals surface area contributed by atoms with E-state index in [1.165, 1.54) is 5.56 Å². The van der Waals surface area contributed by atoms with E-state index in [4.69, 9.17) is 5.73 Å². The Hall–Kier alpha value is -2.36. The summed E-state index contributed by atoms with van der Waals surface area (Å²) in [6.07, 6.45) is 3.73. The molecule has 0 saturated carbocycles. The molecule has 20 heavy (non-hydrogen) atoms. The van der Waals surface area contributed by atoms with Crippen LogP contribution in [-0.2, 0) is 6.42 Å². The number of hydrogen-bond donors (Lipinski definition) is 1. The molecular formula is C16H19N3O. The Labute approximate surface area is 119 Å². The number of carbonyl (C=O) groups is 1. The molecule has 0 atom stereocenters. The Bertz CT molecular complexity index is 576. The van der Waals surface area contributed by atoms with Gasteiger partial charge in [0, 0.05) is 12.6 Å². The second-order valence-corrected chi connectivity index (χ2v) is 4.75. The van der Waals surface area contributed by atoms with Crippen molar-refractivity contribution in [3.8, 4) is 0 Å². The van der Waals surface area contributed by atoms with E-state index in [9.17, 15) is 4.79 Å². The van der Waals surface area contributed by atoms with Gasteiger partial charge in [0.1, 0.15) is 5.82 Å². The largest absolute Gasteiger partial charge is 0.384 e. The minimum atomic E-state index is -0.0559. The topological polar surface area (TPSA) is 59.2 Å². The maximum Gasteiger partial charge on any atom is 0.258 e. The predicted molar refractivity (Wildman–Crippen MR) is 81.8 cm³/mol. The lowest BCUT2D eigenvalue weighted by Gasteiger charge is -2.17. The molecule has 0 radical (unpaired) electrons. The Morgan fingerprint density at radius 1 is 1.20 bits per heavy atom. The Morgan fingerprint density at radius 3 is 2.45 bits per heavy atom. The lowest BCUT2D eigenvalue weighted by Crippen LogP contribution is -2.26. The normalized spacial score (nSPS) is 10.3. The van der Waals surface area contributed by atoms with Crippen LogP contribution in [0.4, 0.5) is 11.5 Å². The second-order valence-electron chi connectivity index (χ2n) is 4.75. The van der Waals surface area contributed by atoms with Gasteiger partial charge in [0.25, 0.3) is 5.91 Å². The number of aryl methyl sites for hydroxylation is 1. The second kappa shape index (κ2) is 6.19. The van der Waals surface area contributed by atoms with Crippen LogP contribution in [-0.4, -0.2) is 17.9 Å². The molecule has 0 spiro atoms. The third kappa shape index (κ3) is 3.15. The highest BCUT2D eigenvalue weighted by Crippen LogP contribution is 2.16. The lowest BCUT2D eigenvalue weighted by molar-refractivity contribution is 0.0993. The van der Waals surface area contributed by atoms with Crippen LogP contribution in [0.1, 0.15) is 29.3 Å². The number of nitrogens with two attached hydrogens (primary N) is 1. The number of nitrogen functional groups attached to an aromatic ring is 1. The van der Waals surface area contributed by atoms with Crippen LogP contribution < -0.4 is 10.6 Å². The van der Waals surface area contributed by atoms with E-state index >= 15 is 0 Å². The highest BCUT2D eigenvalue weighted by Gasteiger charge is 2.13. The van der Waals surface area contributed by atoms with Crippen LogP contribution in [0.3, 0.4) is 0 Å². The summed E-state index contributed by atoms with van der Waals surface area (Å²) in [5.74, 6) is 0.387. The van der Waals surface area contributed by atoms with E-state index in [-0.39, 0.29) is 5.91 Å². The zero-order valence-electron chi connectivity index (χ0n) is 11.8. The van der Waals surface area contributed by atoms with E-state index < -0.39 is 0 Å². The zero-order valence-corrected chi connectivity index (χ0v) is 11.8. The maximum atomic E-state index is 12.4. The van der Waals surface area contributed by atoms with Gasteiger partial charge >= 0.3 is 0 Å². The summed E-state index contributed by atoms with van der Waals surface area (Å²) in [7, 11) is 1.73. The van der Waals surface area contributed by atoms with Gasteiger partial charge in [0.15, 0.2) is 0 Å². The van der Waals surface area contributed by atoms with Gasteiger partial charge in [-0.2, -0.15) is 0 Å². The van der Waals surface area contributed by atoms with Gasteiger partial charge in [0.05, 0.1) is 11.9 Å². The number of carbonyl (C=O) groups excluding carboxylic acids is 1. The smallest absolute Gasteiger partial charge is 0.258 e. The molecule has 0 aliphatic heterocycles. The van der Waals surface area contributed by atoms with Gasteiger partial charge in [0.2, 0.25) is 0 Å². The van der Waals surface area contributed by atoms with E-state index in [0.29, 0.717) is 11.4 Å². The van der Waals surface area contributed by atoms with Gasteiger partial charge in [-0.3, -0.25) is 4.79 Å². The summed E-state index contributed by atoms with van der Waals surface area (Å²) in [6, 6.07) is 11.2. The summed E-state index contributed by atoms with van der Waals surface area (Å²) < 4.78 is 0. The summed E-state index contributed by atoms with van der Waals surface area (Å²) in [5, 5.41) is 0. The quantitative estimate of drug-likeness (QED) is 0.928. The molecule has 0 fully saturated rings. The molecule has 0 aliphatic rings.